The van der Waals surface area contributed by atoms with Crippen LogP contribution in [0.1, 0.15) is 22.3 Å². The third-order valence-corrected chi connectivity index (χ3v) is 17.3. The standard InChI is InChI=1S/C71H42B2N2O5/c1-5-21-43(22-6-1)74(44-23-7-2-8-24-44)47-37-61-67-63(39-47)78-69-65(51-31-15-19-35-55(51)71(69)53-33-17-13-29-49(53)50-30-14-18-34-54(50)71)72(67)56-41-57-60(42-59(56)76-61)77-62-38-48(75(45-25-9-3-10-26-45)46-27-11-4-12-28-46)40-64-68(62)73(57)66-52-32-16-20-36-58(52)79-70(66)80-64/h1-42H. The van der Waals surface area contributed by atoms with Gasteiger partial charge in [0.2, 0.25) is 0 Å². The van der Waals surface area contributed by atoms with Gasteiger partial charge in [0.15, 0.2) is 0 Å². The van der Waals surface area contributed by atoms with Gasteiger partial charge < -0.3 is 33.2 Å². The van der Waals surface area contributed by atoms with Crippen LogP contribution in [-0.4, -0.2) is 13.4 Å². The zero-order chi connectivity index (χ0) is 52.2. The highest BCUT2D eigenvalue weighted by molar-refractivity contribution is 7.03. The molecule has 6 aliphatic rings. The second kappa shape index (κ2) is 16.3. The lowest BCUT2D eigenvalue weighted by molar-refractivity contribution is 0.362. The number of allylic oxidation sites excluding steroid dienone is 1. The molecule has 12 aromatic rings. The van der Waals surface area contributed by atoms with Crippen molar-refractivity contribution in [2.75, 3.05) is 9.80 Å². The lowest BCUT2D eigenvalue weighted by Gasteiger charge is -2.39. The van der Waals surface area contributed by atoms with Crippen molar-refractivity contribution in [3.63, 3.8) is 0 Å². The van der Waals surface area contributed by atoms with Crippen LogP contribution in [0.3, 0.4) is 0 Å². The molecule has 5 heterocycles. The van der Waals surface area contributed by atoms with Crippen LogP contribution in [0.5, 0.6) is 40.4 Å². The molecular weight excluding hydrogens is 982 g/mol. The van der Waals surface area contributed by atoms with Crippen molar-refractivity contribution < 1.29 is 23.4 Å². The van der Waals surface area contributed by atoms with E-state index in [4.69, 9.17) is 23.4 Å². The summed E-state index contributed by atoms with van der Waals surface area (Å²) in [6.07, 6.45) is 0. The molecule has 0 atom stereocenters. The van der Waals surface area contributed by atoms with Crippen molar-refractivity contribution >= 4 is 91.3 Å². The summed E-state index contributed by atoms with van der Waals surface area (Å²) in [5, 5.41) is 0.994. The number of hydrogen-bond donors (Lipinski definition) is 0. The van der Waals surface area contributed by atoms with E-state index in [1.165, 1.54) is 27.8 Å². The van der Waals surface area contributed by atoms with E-state index in [1.807, 2.05) is 24.3 Å². The Bertz CT molecular complexity index is 4520. The van der Waals surface area contributed by atoms with Crippen LogP contribution in [0.15, 0.2) is 265 Å². The fourth-order valence-corrected chi connectivity index (χ4v) is 14.2. The van der Waals surface area contributed by atoms with Gasteiger partial charge in [-0.15, -0.1) is 0 Å². The summed E-state index contributed by atoms with van der Waals surface area (Å²) >= 11 is 0. The molecule has 0 saturated carbocycles. The van der Waals surface area contributed by atoms with Crippen LogP contribution in [0.2, 0.25) is 0 Å². The molecule has 18 rings (SSSR count). The van der Waals surface area contributed by atoms with Crippen LogP contribution in [0.4, 0.5) is 34.1 Å². The fraction of sp³-hybridized carbons (Fsp3) is 0.0141. The molecule has 7 nitrogen and oxygen atoms in total. The SMILES string of the molecule is c1ccc(N(c2ccccc2)c2cc3c4c(c2)Oc2cc5c(cc2B4C2=C(O3)C3(c4ccccc42)c2ccccc2-c2ccccc23)B2c3c(cc(N(c4ccccc4)c4ccccc4)cc3Oc3oc4ccccc4c32)O5)cc1. The van der Waals surface area contributed by atoms with E-state index >= 15 is 0 Å². The van der Waals surface area contributed by atoms with E-state index in [0.717, 1.165) is 101 Å². The molecule has 0 radical (unpaired) electrons. The van der Waals surface area contributed by atoms with Gasteiger partial charge in [0.05, 0.1) is 11.4 Å². The zero-order valence-corrected chi connectivity index (χ0v) is 42.8. The van der Waals surface area contributed by atoms with Gasteiger partial charge in [0.1, 0.15) is 51.3 Å². The molecule has 4 aliphatic heterocycles. The third-order valence-electron chi connectivity index (χ3n) is 17.3. The monoisotopic (exact) mass is 1020 g/mol. The third kappa shape index (κ3) is 5.90. The molecule has 372 valence electrons. The van der Waals surface area contributed by atoms with E-state index in [0.29, 0.717) is 28.9 Å². The number of fused-ring (bicyclic) bond motifs is 18. The summed E-state index contributed by atoms with van der Waals surface area (Å²) in [6, 6.07) is 90.1. The van der Waals surface area contributed by atoms with Gasteiger partial charge in [-0.25, -0.2) is 0 Å². The smallest absolute Gasteiger partial charge is 0.285 e. The van der Waals surface area contributed by atoms with Crippen LogP contribution in [0, 0.1) is 0 Å². The predicted octanol–water partition coefficient (Wildman–Crippen LogP) is 14.5. The Morgan fingerprint density at radius 1 is 0.312 bits per heavy atom. The first kappa shape index (κ1) is 43.7. The van der Waals surface area contributed by atoms with Gasteiger partial charge in [-0.05, 0) is 104 Å². The van der Waals surface area contributed by atoms with Crippen molar-refractivity contribution in [3.05, 3.63) is 283 Å². The number of nitrogens with zero attached hydrogens (tertiary/aromatic N) is 2. The zero-order valence-electron chi connectivity index (χ0n) is 42.8. The number of ether oxygens (including phenoxy) is 4. The van der Waals surface area contributed by atoms with Crippen molar-refractivity contribution in [1.29, 1.82) is 0 Å². The molecule has 0 fully saturated rings. The normalized spacial score (nSPS) is 14.4. The second-order valence-corrected chi connectivity index (χ2v) is 21.4. The van der Waals surface area contributed by atoms with Gasteiger partial charge in [0.25, 0.3) is 19.4 Å². The molecule has 0 unspecified atom stereocenters. The second-order valence-electron chi connectivity index (χ2n) is 21.4. The lowest BCUT2D eigenvalue weighted by Crippen LogP contribution is -2.59. The Balaban J connectivity index is 0.904. The molecule has 0 saturated heterocycles. The van der Waals surface area contributed by atoms with Crippen LogP contribution in [-0.2, 0) is 5.41 Å². The summed E-state index contributed by atoms with van der Waals surface area (Å²) in [5.74, 6) is 5.66. The van der Waals surface area contributed by atoms with Crippen LogP contribution >= 0.6 is 0 Å². The summed E-state index contributed by atoms with van der Waals surface area (Å²) in [4.78, 5) is 4.52. The number of para-hydroxylation sites is 5. The highest BCUT2D eigenvalue weighted by Gasteiger charge is 2.59. The first-order valence-electron chi connectivity index (χ1n) is 27.3. The number of benzene rings is 11. The molecule has 1 aromatic heterocycles. The van der Waals surface area contributed by atoms with E-state index in [2.05, 4.69) is 240 Å². The summed E-state index contributed by atoms with van der Waals surface area (Å²) in [6.45, 7) is -0.641. The summed E-state index contributed by atoms with van der Waals surface area (Å²) < 4.78 is 36.4. The minimum absolute atomic E-state index is 0.317. The maximum Gasteiger partial charge on any atom is 0.285 e. The highest BCUT2D eigenvalue weighted by Crippen LogP contribution is 2.64. The Morgan fingerprint density at radius 2 is 0.725 bits per heavy atom. The van der Waals surface area contributed by atoms with Crippen molar-refractivity contribution in [2.24, 2.45) is 0 Å². The molecule has 80 heavy (non-hydrogen) atoms. The predicted molar refractivity (Wildman–Crippen MR) is 321 cm³/mol. The van der Waals surface area contributed by atoms with Crippen LogP contribution in [0.25, 0.3) is 27.6 Å². The molecule has 2 aliphatic carbocycles. The molecular formula is C71H42B2N2O5. The van der Waals surface area contributed by atoms with Crippen LogP contribution < -0.4 is 56.1 Å². The van der Waals surface area contributed by atoms with Gasteiger partial charge in [0, 0.05) is 74.9 Å². The minimum atomic E-state index is -0.744. The van der Waals surface area contributed by atoms with Crippen molar-refractivity contribution in [3.8, 4) is 51.6 Å². The maximum absolute atomic E-state index is 7.83. The maximum atomic E-state index is 7.83. The first-order chi connectivity index (χ1) is 39.7. The Labute approximate surface area is 461 Å². The molecule has 9 heteroatoms. The summed E-state index contributed by atoms with van der Waals surface area (Å²) in [5.41, 5.74) is 19.1. The van der Waals surface area contributed by atoms with Crippen molar-refractivity contribution in [1.82, 2.24) is 0 Å². The van der Waals surface area contributed by atoms with Gasteiger partial charge in [-0.3, -0.25) is 0 Å². The molecule has 1 spiro atoms. The highest BCUT2D eigenvalue weighted by atomic mass is 16.6. The van der Waals surface area contributed by atoms with Gasteiger partial charge in [-0.2, -0.15) is 0 Å². The topological polar surface area (TPSA) is 56.5 Å². The molecule has 0 amide bonds. The van der Waals surface area contributed by atoms with Gasteiger partial charge >= 0.3 is 0 Å². The Kier molecular flexibility index (Phi) is 8.92. The van der Waals surface area contributed by atoms with Crippen molar-refractivity contribution in [2.45, 2.75) is 5.41 Å². The van der Waals surface area contributed by atoms with Gasteiger partial charge in [-0.1, -0.05) is 170 Å². The number of hydrogen-bond acceptors (Lipinski definition) is 7. The average molecular weight is 1020 g/mol. The Morgan fingerprint density at radius 3 is 1.26 bits per heavy atom. The Hall–Kier alpha value is -10.4. The molecule has 0 N–H and O–H groups in total. The average Bonchev–Trinajstić information content (AvgIpc) is 3.94. The molecule has 0 bridgehead atoms. The summed E-state index contributed by atoms with van der Waals surface area (Å²) in [7, 11) is 0. The van der Waals surface area contributed by atoms with E-state index in [9.17, 15) is 0 Å². The fourth-order valence-electron chi connectivity index (χ4n) is 14.2. The minimum Gasteiger partial charge on any atom is -0.461 e. The first-order valence-corrected chi connectivity index (χ1v) is 27.3. The lowest BCUT2D eigenvalue weighted by atomic mass is 9.31. The van der Waals surface area contributed by atoms with E-state index < -0.39 is 5.41 Å². The number of anilines is 6. The quantitative estimate of drug-likeness (QED) is 0.154. The number of rotatable bonds is 6. The van der Waals surface area contributed by atoms with E-state index in [-0.39, 0.29) is 13.4 Å². The largest absolute Gasteiger partial charge is 0.461 e. The molecule has 11 aromatic carbocycles. The van der Waals surface area contributed by atoms with E-state index in [1.54, 1.807) is 0 Å². The number of furan rings is 1.